The smallest absolute Gasteiger partial charge is 0.278 e. The van der Waals surface area contributed by atoms with E-state index in [9.17, 15) is 4.79 Å². The zero-order chi connectivity index (χ0) is 20.7. The van der Waals surface area contributed by atoms with Crippen molar-refractivity contribution in [3.8, 4) is 17.2 Å². The van der Waals surface area contributed by atoms with Crippen LogP contribution < -0.4 is 14.8 Å². The van der Waals surface area contributed by atoms with Gasteiger partial charge in [-0.25, -0.2) is 4.68 Å². The number of benzene rings is 2. The molecule has 5 rings (SSSR count). The van der Waals surface area contributed by atoms with Gasteiger partial charge in [0.2, 0.25) is 0 Å². The summed E-state index contributed by atoms with van der Waals surface area (Å²) in [5.41, 5.74) is 2.70. The fourth-order valence-corrected chi connectivity index (χ4v) is 3.57. The Bertz CT molecular complexity index is 1280. The maximum Gasteiger partial charge on any atom is 0.278 e. The van der Waals surface area contributed by atoms with Crippen LogP contribution in [-0.2, 0) is 0 Å². The van der Waals surface area contributed by atoms with Gasteiger partial charge in [0.25, 0.3) is 5.91 Å². The second-order valence-electron chi connectivity index (χ2n) is 6.72. The van der Waals surface area contributed by atoms with E-state index in [2.05, 4.69) is 20.6 Å². The molecule has 2 aromatic carbocycles. The number of hydrogen-bond acceptors (Lipinski definition) is 6. The van der Waals surface area contributed by atoms with Crippen molar-refractivity contribution in [3.05, 3.63) is 65.1 Å². The molecule has 1 aliphatic rings. The number of nitrogens with one attached hydrogen (secondary N) is 1. The summed E-state index contributed by atoms with van der Waals surface area (Å²) in [6.45, 7) is 2.68. The van der Waals surface area contributed by atoms with Crippen molar-refractivity contribution < 1.29 is 14.3 Å². The normalized spacial score (nSPS) is 12.7. The molecule has 30 heavy (non-hydrogen) atoms. The maximum atomic E-state index is 12.9. The van der Waals surface area contributed by atoms with Crippen LogP contribution in [0, 0.1) is 6.92 Å². The number of aromatic nitrogens is 4. The Morgan fingerprint density at radius 2 is 1.90 bits per heavy atom. The summed E-state index contributed by atoms with van der Waals surface area (Å²) in [4.78, 5) is 17.3. The van der Waals surface area contributed by atoms with Crippen LogP contribution in [0.5, 0.6) is 11.5 Å². The molecule has 3 heterocycles. The molecule has 0 bridgehead atoms. The molecule has 2 aromatic heterocycles. The highest BCUT2D eigenvalue weighted by Crippen LogP contribution is 2.38. The number of anilines is 1. The standard InChI is InChI=1S/C21H16ClN5O3/c1-12-19(21(28)24-15-11-18-17(10-14(15)22)29-8-9-30-18)25-26-27(12)16-6-2-4-13-5-3-7-23-20(13)16/h2-7,10-11H,8-9H2,1H3,(H,24,28). The van der Waals surface area contributed by atoms with Crippen molar-refractivity contribution >= 4 is 34.1 Å². The monoisotopic (exact) mass is 421 g/mol. The van der Waals surface area contributed by atoms with Crippen LogP contribution >= 0.6 is 11.6 Å². The summed E-state index contributed by atoms with van der Waals surface area (Å²) < 4.78 is 12.7. The van der Waals surface area contributed by atoms with Crippen molar-refractivity contribution in [2.75, 3.05) is 18.5 Å². The molecule has 0 atom stereocenters. The first-order valence-electron chi connectivity index (χ1n) is 9.29. The molecule has 8 nitrogen and oxygen atoms in total. The number of carbonyl (C=O) groups excluding carboxylic acids is 1. The van der Waals surface area contributed by atoms with Crippen molar-refractivity contribution in [1.29, 1.82) is 0 Å². The molecular weight excluding hydrogens is 406 g/mol. The molecule has 0 fully saturated rings. The van der Waals surface area contributed by atoms with Gasteiger partial charge in [-0.05, 0) is 19.1 Å². The first-order chi connectivity index (χ1) is 14.6. The lowest BCUT2D eigenvalue weighted by Gasteiger charge is -2.19. The van der Waals surface area contributed by atoms with E-state index in [1.54, 1.807) is 29.9 Å². The van der Waals surface area contributed by atoms with E-state index in [1.165, 1.54) is 0 Å². The van der Waals surface area contributed by atoms with Crippen LogP contribution in [-0.4, -0.2) is 39.1 Å². The van der Waals surface area contributed by atoms with Gasteiger partial charge in [0.1, 0.15) is 13.2 Å². The van der Waals surface area contributed by atoms with Gasteiger partial charge in [-0.1, -0.05) is 35.0 Å². The highest BCUT2D eigenvalue weighted by atomic mass is 35.5. The second kappa shape index (κ2) is 7.31. The summed E-state index contributed by atoms with van der Waals surface area (Å²) in [5.74, 6) is 0.656. The van der Waals surface area contributed by atoms with Gasteiger partial charge in [-0.15, -0.1) is 5.10 Å². The third-order valence-electron chi connectivity index (χ3n) is 4.83. The minimum Gasteiger partial charge on any atom is -0.486 e. The zero-order valence-electron chi connectivity index (χ0n) is 15.9. The topological polar surface area (TPSA) is 91.2 Å². The average molecular weight is 422 g/mol. The van der Waals surface area contributed by atoms with Crippen molar-refractivity contribution in [3.63, 3.8) is 0 Å². The van der Waals surface area contributed by atoms with Crippen molar-refractivity contribution in [1.82, 2.24) is 20.0 Å². The summed E-state index contributed by atoms with van der Waals surface area (Å²) in [6, 6.07) is 12.9. The number of carbonyl (C=O) groups is 1. The van der Waals surface area contributed by atoms with Crippen molar-refractivity contribution in [2.45, 2.75) is 6.92 Å². The first-order valence-corrected chi connectivity index (χ1v) is 9.66. The number of fused-ring (bicyclic) bond motifs is 2. The summed E-state index contributed by atoms with van der Waals surface area (Å²) in [7, 11) is 0. The summed E-state index contributed by atoms with van der Waals surface area (Å²) >= 11 is 6.30. The van der Waals surface area contributed by atoms with Gasteiger partial charge in [0.15, 0.2) is 17.2 Å². The fourth-order valence-electron chi connectivity index (χ4n) is 3.37. The van der Waals surface area contributed by atoms with E-state index < -0.39 is 5.91 Å². The zero-order valence-corrected chi connectivity index (χ0v) is 16.7. The number of pyridine rings is 1. The molecule has 1 amide bonds. The second-order valence-corrected chi connectivity index (χ2v) is 7.12. The number of para-hydroxylation sites is 1. The first kappa shape index (κ1) is 18.4. The lowest BCUT2D eigenvalue weighted by atomic mass is 10.2. The molecule has 0 saturated heterocycles. The molecule has 1 aliphatic heterocycles. The minimum atomic E-state index is -0.425. The number of nitrogens with zero attached hydrogens (tertiary/aromatic N) is 4. The third-order valence-corrected chi connectivity index (χ3v) is 5.14. The van der Waals surface area contributed by atoms with Crippen LogP contribution in [0.4, 0.5) is 5.69 Å². The summed E-state index contributed by atoms with van der Waals surface area (Å²) in [5, 5.41) is 12.4. The lowest BCUT2D eigenvalue weighted by molar-refractivity contribution is 0.102. The molecule has 0 saturated carbocycles. The summed E-state index contributed by atoms with van der Waals surface area (Å²) in [6.07, 6.45) is 1.72. The molecular formula is C21H16ClN5O3. The Hall–Kier alpha value is -3.65. The molecule has 0 aliphatic carbocycles. The molecule has 0 radical (unpaired) electrons. The SMILES string of the molecule is Cc1c(C(=O)Nc2cc3c(cc2Cl)OCCO3)nnn1-c1cccc2cccnc12. The Balaban J connectivity index is 1.48. The van der Waals surface area contributed by atoms with E-state index in [1.807, 2.05) is 30.3 Å². The van der Waals surface area contributed by atoms with Crippen LogP contribution in [0.15, 0.2) is 48.7 Å². The molecule has 150 valence electrons. The van der Waals surface area contributed by atoms with Crippen LogP contribution in [0.1, 0.15) is 16.2 Å². The number of hydrogen-bond donors (Lipinski definition) is 1. The molecule has 0 spiro atoms. The van der Waals surface area contributed by atoms with Gasteiger partial charge < -0.3 is 14.8 Å². The number of halogens is 1. The number of rotatable bonds is 3. The largest absolute Gasteiger partial charge is 0.486 e. The van der Waals surface area contributed by atoms with E-state index >= 15 is 0 Å². The van der Waals surface area contributed by atoms with Gasteiger partial charge >= 0.3 is 0 Å². The third kappa shape index (κ3) is 3.11. The van der Waals surface area contributed by atoms with Gasteiger partial charge in [0, 0.05) is 23.7 Å². The Morgan fingerprint density at radius 3 is 2.73 bits per heavy atom. The highest BCUT2D eigenvalue weighted by Gasteiger charge is 2.21. The predicted octanol–water partition coefficient (Wildman–Crippen LogP) is 3.80. The Morgan fingerprint density at radius 1 is 1.13 bits per heavy atom. The lowest BCUT2D eigenvalue weighted by Crippen LogP contribution is -2.17. The van der Waals surface area contributed by atoms with Crippen LogP contribution in [0.2, 0.25) is 5.02 Å². The quantitative estimate of drug-likeness (QED) is 0.541. The average Bonchev–Trinajstić information content (AvgIpc) is 3.15. The number of amides is 1. The van der Waals surface area contributed by atoms with E-state index in [-0.39, 0.29) is 5.69 Å². The minimum absolute atomic E-state index is 0.189. The van der Waals surface area contributed by atoms with E-state index in [0.29, 0.717) is 41.1 Å². The molecule has 1 N–H and O–H groups in total. The fraction of sp³-hybridized carbons (Fsp3) is 0.143. The maximum absolute atomic E-state index is 12.9. The predicted molar refractivity (Wildman–Crippen MR) is 112 cm³/mol. The molecule has 0 unspecified atom stereocenters. The Kier molecular flexibility index (Phi) is 4.48. The van der Waals surface area contributed by atoms with Crippen molar-refractivity contribution in [2.24, 2.45) is 0 Å². The van der Waals surface area contributed by atoms with Crippen LogP contribution in [0.3, 0.4) is 0 Å². The highest BCUT2D eigenvalue weighted by molar-refractivity contribution is 6.34. The van der Waals surface area contributed by atoms with Gasteiger partial charge in [0.05, 0.1) is 27.6 Å². The molecule has 4 aromatic rings. The molecule has 9 heteroatoms. The van der Waals surface area contributed by atoms with E-state index in [0.717, 1.165) is 16.6 Å². The van der Waals surface area contributed by atoms with Crippen LogP contribution in [0.25, 0.3) is 16.6 Å². The van der Waals surface area contributed by atoms with Gasteiger partial charge in [-0.3, -0.25) is 9.78 Å². The van der Waals surface area contributed by atoms with E-state index in [4.69, 9.17) is 21.1 Å². The van der Waals surface area contributed by atoms with Gasteiger partial charge in [-0.2, -0.15) is 0 Å². The Labute approximate surface area is 176 Å². The number of ether oxygens (including phenoxy) is 2.